The summed E-state index contributed by atoms with van der Waals surface area (Å²) in [7, 11) is 0. The third-order valence-corrected chi connectivity index (χ3v) is 2.68. The molecule has 4 nitrogen and oxygen atoms in total. The molecule has 0 amide bonds. The van der Waals surface area contributed by atoms with Crippen LogP contribution in [0.4, 0.5) is 0 Å². The Labute approximate surface area is 111 Å². The van der Waals surface area contributed by atoms with Crippen LogP contribution in [0, 0.1) is 6.92 Å². The molecule has 1 aromatic carbocycles. The van der Waals surface area contributed by atoms with E-state index in [1.807, 2.05) is 26.0 Å². The molecular formula is C13H15ClN2O2. The fourth-order valence-electron chi connectivity index (χ4n) is 1.45. The van der Waals surface area contributed by atoms with Crippen LogP contribution in [0.5, 0.6) is 11.8 Å². The maximum absolute atomic E-state index is 6.03. The van der Waals surface area contributed by atoms with E-state index in [-0.39, 0.29) is 6.08 Å². The summed E-state index contributed by atoms with van der Waals surface area (Å²) < 4.78 is 10.7. The molecule has 1 heterocycles. The van der Waals surface area contributed by atoms with Gasteiger partial charge in [0.2, 0.25) is 0 Å². The molecule has 0 radical (unpaired) electrons. The summed E-state index contributed by atoms with van der Waals surface area (Å²) in [5.41, 5.74) is 1.87. The van der Waals surface area contributed by atoms with Crippen molar-refractivity contribution in [1.82, 2.24) is 10.3 Å². The van der Waals surface area contributed by atoms with Crippen molar-refractivity contribution in [1.29, 1.82) is 0 Å². The van der Waals surface area contributed by atoms with Crippen molar-refractivity contribution in [3.05, 3.63) is 40.7 Å². The van der Waals surface area contributed by atoms with E-state index in [9.17, 15) is 0 Å². The van der Waals surface area contributed by atoms with Crippen LogP contribution in [0.3, 0.4) is 0 Å². The van der Waals surface area contributed by atoms with Crippen molar-refractivity contribution < 1.29 is 9.15 Å². The van der Waals surface area contributed by atoms with Crippen LogP contribution < -0.4 is 10.1 Å². The lowest BCUT2D eigenvalue weighted by Crippen LogP contribution is -2.11. The molecule has 1 N–H and O–H groups in total. The van der Waals surface area contributed by atoms with Crippen molar-refractivity contribution >= 4 is 11.6 Å². The average molecular weight is 267 g/mol. The zero-order chi connectivity index (χ0) is 13.0. The number of ether oxygens (including phenoxy) is 1. The first-order valence-electron chi connectivity index (χ1n) is 5.78. The lowest BCUT2D eigenvalue weighted by Gasteiger charge is -2.03. The van der Waals surface area contributed by atoms with Gasteiger partial charge in [0, 0.05) is 6.54 Å². The summed E-state index contributed by atoms with van der Waals surface area (Å²) in [5, 5.41) is 3.69. The first-order chi connectivity index (χ1) is 8.69. The number of hydrogen-bond donors (Lipinski definition) is 1. The zero-order valence-electron chi connectivity index (χ0n) is 10.4. The summed E-state index contributed by atoms with van der Waals surface area (Å²) in [6.07, 6.45) is 1.78. The highest BCUT2D eigenvalue weighted by atomic mass is 35.5. The first-order valence-corrected chi connectivity index (χ1v) is 6.16. The molecule has 2 rings (SSSR count). The van der Waals surface area contributed by atoms with E-state index < -0.39 is 0 Å². The second kappa shape index (κ2) is 5.89. The van der Waals surface area contributed by atoms with Crippen LogP contribution >= 0.6 is 11.6 Å². The van der Waals surface area contributed by atoms with E-state index >= 15 is 0 Å². The van der Waals surface area contributed by atoms with Crippen LogP contribution in [0.2, 0.25) is 5.02 Å². The normalized spacial score (nSPS) is 10.6. The van der Waals surface area contributed by atoms with Gasteiger partial charge in [-0.1, -0.05) is 24.6 Å². The highest BCUT2D eigenvalue weighted by Gasteiger charge is 2.09. The molecule has 0 saturated carbocycles. The number of hydrogen-bond acceptors (Lipinski definition) is 4. The molecule has 0 fully saturated rings. The molecule has 0 aliphatic carbocycles. The smallest absolute Gasteiger partial charge is 0.399 e. The maximum atomic E-state index is 6.03. The number of oxazole rings is 1. The average Bonchev–Trinajstić information content (AvgIpc) is 2.79. The van der Waals surface area contributed by atoms with Crippen molar-refractivity contribution in [2.24, 2.45) is 0 Å². The molecule has 0 bridgehead atoms. The van der Waals surface area contributed by atoms with Gasteiger partial charge in [-0.15, -0.1) is 0 Å². The van der Waals surface area contributed by atoms with E-state index in [4.69, 9.17) is 20.8 Å². The minimum Gasteiger partial charge on any atom is -0.417 e. The van der Waals surface area contributed by atoms with E-state index in [0.29, 0.717) is 17.3 Å². The molecule has 0 aliphatic heterocycles. The topological polar surface area (TPSA) is 47.3 Å². The van der Waals surface area contributed by atoms with E-state index in [1.165, 1.54) is 0 Å². The van der Waals surface area contributed by atoms with Gasteiger partial charge in [0.1, 0.15) is 6.26 Å². The first kappa shape index (κ1) is 12.9. The molecular weight excluding hydrogens is 252 g/mol. The Balaban J connectivity index is 2.08. The third-order valence-electron chi connectivity index (χ3n) is 2.37. The second-order valence-corrected chi connectivity index (χ2v) is 4.33. The van der Waals surface area contributed by atoms with Gasteiger partial charge in [0.15, 0.2) is 5.75 Å². The van der Waals surface area contributed by atoms with Crippen molar-refractivity contribution in [3.8, 4) is 11.8 Å². The molecule has 96 valence electrons. The Bertz CT molecular complexity index is 525. The fourth-order valence-corrected chi connectivity index (χ4v) is 1.61. The molecule has 18 heavy (non-hydrogen) atoms. The summed E-state index contributed by atoms with van der Waals surface area (Å²) in [6.45, 7) is 5.54. The van der Waals surface area contributed by atoms with Crippen molar-refractivity contribution in [2.45, 2.75) is 20.4 Å². The van der Waals surface area contributed by atoms with Gasteiger partial charge >= 0.3 is 6.08 Å². The largest absolute Gasteiger partial charge is 0.417 e. The number of nitrogens with zero attached hydrogens (tertiary/aromatic N) is 1. The summed E-state index contributed by atoms with van der Waals surface area (Å²) in [6, 6.07) is 5.55. The zero-order valence-corrected chi connectivity index (χ0v) is 11.1. The molecule has 0 saturated heterocycles. The van der Waals surface area contributed by atoms with Crippen LogP contribution in [-0.2, 0) is 6.54 Å². The second-order valence-electron chi connectivity index (χ2n) is 3.92. The van der Waals surface area contributed by atoms with Gasteiger partial charge in [0.05, 0.1) is 10.7 Å². The number of aromatic nitrogens is 1. The van der Waals surface area contributed by atoms with Crippen LogP contribution in [0.25, 0.3) is 0 Å². The van der Waals surface area contributed by atoms with Crippen LogP contribution in [0.1, 0.15) is 18.2 Å². The third kappa shape index (κ3) is 3.24. The molecule has 0 unspecified atom stereocenters. The minimum absolute atomic E-state index is 0.204. The highest BCUT2D eigenvalue weighted by Crippen LogP contribution is 2.29. The quantitative estimate of drug-likeness (QED) is 0.899. The van der Waals surface area contributed by atoms with Gasteiger partial charge in [-0.05, 0) is 31.2 Å². The van der Waals surface area contributed by atoms with Gasteiger partial charge in [-0.3, -0.25) is 0 Å². The molecule has 0 atom stereocenters. The summed E-state index contributed by atoms with van der Waals surface area (Å²) in [5.74, 6) is 0.550. The van der Waals surface area contributed by atoms with E-state index in [0.717, 1.165) is 17.8 Å². The molecule has 0 spiro atoms. The Kier molecular flexibility index (Phi) is 4.23. The van der Waals surface area contributed by atoms with Crippen LogP contribution in [-0.4, -0.2) is 11.5 Å². The van der Waals surface area contributed by atoms with Gasteiger partial charge < -0.3 is 14.5 Å². The maximum Gasteiger partial charge on any atom is 0.399 e. The monoisotopic (exact) mass is 266 g/mol. The standard InChI is InChI=1S/C13H15ClN2O2/c1-3-15-7-10-8-17-13(16-10)18-12-6-9(2)4-5-11(12)14/h4-6,8,15H,3,7H2,1-2H3. The van der Waals surface area contributed by atoms with Crippen LogP contribution in [0.15, 0.2) is 28.9 Å². The Morgan fingerprint density at radius 1 is 1.44 bits per heavy atom. The van der Waals surface area contributed by atoms with Gasteiger partial charge in [-0.2, -0.15) is 4.98 Å². The minimum atomic E-state index is 0.204. The SMILES string of the molecule is CCNCc1coc(Oc2cc(C)ccc2Cl)n1. The number of aryl methyl sites for hydroxylation is 1. The molecule has 5 heteroatoms. The Morgan fingerprint density at radius 3 is 3.06 bits per heavy atom. The number of benzene rings is 1. The molecule has 1 aromatic heterocycles. The van der Waals surface area contributed by atoms with E-state index in [2.05, 4.69) is 10.3 Å². The van der Waals surface area contributed by atoms with Crippen molar-refractivity contribution in [3.63, 3.8) is 0 Å². The van der Waals surface area contributed by atoms with Gasteiger partial charge in [-0.25, -0.2) is 0 Å². The summed E-state index contributed by atoms with van der Waals surface area (Å²) >= 11 is 6.03. The number of nitrogens with one attached hydrogen (secondary N) is 1. The predicted molar refractivity (Wildman–Crippen MR) is 70.1 cm³/mol. The predicted octanol–water partition coefficient (Wildman–Crippen LogP) is 3.54. The lowest BCUT2D eigenvalue weighted by atomic mass is 10.2. The Morgan fingerprint density at radius 2 is 2.28 bits per heavy atom. The van der Waals surface area contributed by atoms with E-state index in [1.54, 1.807) is 12.3 Å². The lowest BCUT2D eigenvalue weighted by molar-refractivity contribution is 0.330. The Hall–Kier alpha value is -1.52. The molecule has 2 aromatic rings. The van der Waals surface area contributed by atoms with Crippen molar-refractivity contribution in [2.75, 3.05) is 6.54 Å². The number of halogens is 1. The number of rotatable bonds is 5. The highest BCUT2D eigenvalue weighted by molar-refractivity contribution is 6.32. The van der Waals surface area contributed by atoms with Gasteiger partial charge in [0.25, 0.3) is 0 Å². The molecule has 0 aliphatic rings. The fraction of sp³-hybridized carbons (Fsp3) is 0.308. The summed E-state index contributed by atoms with van der Waals surface area (Å²) in [4.78, 5) is 4.20.